The highest BCUT2D eigenvalue weighted by Gasteiger charge is 2.21. The Morgan fingerprint density at radius 1 is 1.47 bits per heavy atom. The Morgan fingerprint density at radius 3 is 2.84 bits per heavy atom. The van der Waals surface area contributed by atoms with Gasteiger partial charge in [0.15, 0.2) is 0 Å². The van der Waals surface area contributed by atoms with Gasteiger partial charge >= 0.3 is 0 Å². The van der Waals surface area contributed by atoms with Crippen LogP contribution in [0, 0.1) is 0 Å². The van der Waals surface area contributed by atoms with E-state index in [0.717, 1.165) is 4.88 Å². The van der Waals surface area contributed by atoms with Crippen LogP contribution in [0.4, 0.5) is 0 Å². The van der Waals surface area contributed by atoms with Crippen molar-refractivity contribution in [1.82, 2.24) is 14.9 Å². The van der Waals surface area contributed by atoms with Crippen molar-refractivity contribution in [3.8, 4) is 0 Å². The lowest BCUT2D eigenvalue weighted by Crippen LogP contribution is -2.36. The van der Waals surface area contributed by atoms with E-state index in [1.165, 1.54) is 12.4 Å². The molecule has 0 aliphatic carbocycles. The maximum absolute atomic E-state index is 12.4. The Hall–Kier alpha value is -1.46. The van der Waals surface area contributed by atoms with Crippen LogP contribution >= 0.6 is 22.9 Å². The third kappa shape index (κ3) is 3.52. The van der Waals surface area contributed by atoms with Crippen LogP contribution in [0.1, 0.15) is 29.2 Å². The van der Waals surface area contributed by atoms with Gasteiger partial charge in [-0.05, 0) is 25.3 Å². The van der Waals surface area contributed by atoms with Gasteiger partial charge in [-0.25, -0.2) is 4.98 Å². The fourth-order valence-electron chi connectivity index (χ4n) is 1.65. The second kappa shape index (κ2) is 6.12. The Labute approximate surface area is 121 Å². The van der Waals surface area contributed by atoms with Gasteiger partial charge in [0.25, 0.3) is 5.91 Å². The molecular formula is C13H14ClN3OS. The molecule has 19 heavy (non-hydrogen) atoms. The molecule has 2 rings (SSSR count). The third-order valence-corrected chi connectivity index (χ3v) is 3.66. The van der Waals surface area contributed by atoms with Crippen LogP contribution in [-0.2, 0) is 6.54 Å². The summed E-state index contributed by atoms with van der Waals surface area (Å²) in [4.78, 5) is 23.3. The van der Waals surface area contributed by atoms with Crippen molar-refractivity contribution in [2.75, 3.05) is 0 Å². The van der Waals surface area contributed by atoms with Gasteiger partial charge in [-0.3, -0.25) is 9.78 Å². The smallest absolute Gasteiger partial charge is 0.274 e. The molecule has 0 saturated carbocycles. The molecule has 4 nitrogen and oxygen atoms in total. The molecule has 0 N–H and O–H groups in total. The molecule has 0 saturated heterocycles. The summed E-state index contributed by atoms with van der Waals surface area (Å²) in [6.07, 6.45) is 2.86. The van der Waals surface area contributed by atoms with Crippen LogP contribution in [0.5, 0.6) is 0 Å². The second-order valence-electron chi connectivity index (χ2n) is 4.33. The van der Waals surface area contributed by atoms with Gasteiger partial charge in [0.2, 0.25) is 0 Å². The minimum atomic E-state index is -0.154. The van der Waals surface area contributed by atoms with E-state index < -0.39 is 0 Å². The van der Waals surface area contributed by atoms with E-state index >= 15 is 0 Å². The first-order chi connectivity index (χ1) is 9.08. The fourth-order valence-corrected chi connectivity index (χ4v) is 2.50. The minimum Gasteiger partial charge on any atom is -0.330 e. The number of hydrogen-bond acceptors (Lipinski definition) is 4. The van der Waals surface area contributed by atoms with Gasteiger partial charge in [-0.1, -0.05) is 17.7 Å². The van der Waals surface area contributed by atoms with E-state index in [1.54, 1.807) is 16.2 Å². The molecule has 0 spiro atoms. The molecule has 0 atom stereocenters. The molecule has 2 aromatic heterocycles. The standard InChI is InChI=1S/C13H14ClN3OS/c1-9(2)17(8-10-4-3-5-19-10)13(18)11-6-15-7-12(14)16-11/h3-7,9H,8H2,1-2H3. The summed E-state index contributed by atoms with van der Waals surface area (Å²) in [5, 5.41) is 2.23. The first-order valence-electron chi connectivity index (χ1n) is 5.89. The van der Waals surface area contributed by atoms with E-state index in [-0.39, 0.29) is 22.8 Å². The maximum Gasteiger partial charge on any atom is 0.274 e. The highest BCUT2D eigenvalue weighted by Crippen LogP contribution is 2.16. The van der Waals surface area contributed by atoms with Crippen LogP contribution in [0.3, 0.4) is 0 Å². The Morgan fingerprint density at radius 2 is 2.26 bits per heavy atom. The average Bonchev–Trinajstić information content (AvgIpc) is 2.87. The number of hydrogen-bond donors (Lipinski definition) is 0. The summed E-state index contributed by atoms with van der Waals surface area (Å²) in [6, 6.07) is 4.06. The van der Waals surface area contributed by atoms with Gasteiger partial charge in [-0.2, -0.15) is 0 Å². The lowest BCUT2D eigenvalue weighted by Gasteiger charge is -2.25. The quantitative estimate of drug-likeness (QED) is 0.870. The number of nitrogens with zero attached hydrogens (tertiary/aromatic N) is 3. The monoisotopic (exact) mass is 295 g/mol. The van der Waals surface area contributed by atoms with Crippen molar-refractivity contribution < 1.29 is 4.79 Å². The van der Waals surface area contributed by atoms with Gasteiger partial charge in [0, 0.05) is 10.9 Å². The van der Waals surface area contributed by atoms with E-state index in [4.69, 9.17) is 11.6 Å². The highest BCUT2D eigenvalue weighted by atomic mass is 35.5. The molecule has 100 valence electrons. The normalized spacial score (nSPS) is 10.7. The molecule has 2 heterocycles. The van der Waals surface area contributed by atoms with Gasteiger partial charge in [0.05, 0.1) is 18.9 Å². The number of carbonyl (C=O) groups excluding carboxylic acids is 1. The van der Waals surface area contributed by atoms with E-state index in [2.05, 4.69) is 9.97 Å². The first-order valence-corrected chi connectivity index (χ1v) is 7.14. The zero-order valence-electron chi connectivity index (χ0n) is 10.7. The van der Waals surface area contributed by atoms with Crippen molar-refractivity contribution in [2.45, 2.75) is 26.4 Å². The highest BCUT2D eigenvalue weighted by molar-refractivity contribution is 7.09. The first kappa shape index (κ1) is 14.0. The van der Waals surface area contributed by atoms with Crippen LogP contribution in [0.2, 0.25) is 5.15 Å². The third-order valence-electron chi connectivity index (χ3n) is 2.61. The molecular weight excluding hydrogens is 282 g/mol. The number of halogens is 1. The van der Waals surface area contributed by atoms with Crippen molar-refractivity contribution in [2.24, 2.45) is 0 Å². The van der Waals surface area contributed by atoms with Gasteiger partial charge in [0.1, 0.15) is 10.8 Å². The second-order valence-corrected chi connectivity index (χ2v) is 5.75. The van der Waals surface area contributed by atoms with Crippen LogP contribution in [0.25, 0.3) is 0 Å². The molecule has 1 amide bonds. The molecule has 6 heteroatoms. The van der Waals surface area contributed by atoms with Crippen LogP contribution in [-0.4, -0.2) is 26.8 Å². The molecule has 0 bridgehead atoms. The lowest BCUT2D eigenvalue weighted by molar-refractivity contribution is 0.0686. The number of aromatic nitrogens is 2. The van der Waals surface area contributed by atoms with Crippen molar-refractivity contribution in [1.29, 1.82) is 0 Å². The molecule has 2 aromatic rings. The zero-order chi connectivity index (χ0) is 13.8. The molecule has 0 aliphatic heterocycles. The minimum absolute atomic E-state index is 0.0791. The van der Waals surface area contributed by atoms with E-state index in [9.17, 15) is 4.79 Å². The number of carbonyl (C=O) groups is 1. The molecule has 0 radical (unpaired) electrons. The Bertz CT molecular complexity index is 557. The largest absolute Gasteiger partial charge is 0.330 e. The SMILES string of the molecule is CC(C)N(Cc1cccs1)C(=O)c1cncc(Cl)n1. The topological polar surface area (TPSA) is 46.1 Å². The Balaban J connectivity index is 2.21. The summed E-state index contributed by atoms with van der Waals surface area (Å²) in [7, 11) is 0. The molecule has 0 unspecified atom stereocenters. The predicted molar refractivity (Wildman–Crippen MR) is 76.4 cm³/mol. The van der Waals surface area contributed by atoms with Gasteiger partial charge in [-0.15, -0.1) is 11.3 Å². The van der Waals surface area contributed by atoms with Crippen molar-refractivity contribution >= 4 is 28.8 Å². The van der Waals surface area contributed by atoms with Crippen LogP contribution in [0.15, 0.2) is 29.9 Å². The zero-order valence-corrected chi connectivity index (χ0v) is 12.3. The van der Waals surface area contributed by atoms with Crippen molar-refractivity contribution in [3.63, 3.8) is 0 Å². The predicted octanol–water partition coefficient (Wildman–Crippen LogP) is 3.24. The van der Waals surface area contributed by atoms with E-state index in [0.29, 0.717) is 6.54 Å². The summed E-state index contributed by atoms with van der Waals surface area (Å²) in [5.41, 5.74) is 0.276. The van der Waals surface area contributed by atoms with Crippen LogP contribution < -0.4 is 0 Å². The summed E-state index contributed by atoms with van der Waals surface area (Å²) in [6.45, 7) is 4.52. The number of rotatable bonds is 4. The van der Waals surface area contributed by atoms with Gasteiger partial charge < -0.3 is 4.90 Å². The van der Waals surface area contributed by atoms with E-state index in [1.807, 2.05) is 31.4 Å². The maximum atomic E-state index is 12.4. The summed E-state index contributed by atoms with van der Waals surface area (Å²) < 4.78 is 0. The lowest BCUT2D eigenvalue weighted by atomic mass is 10.2. The Kier molecular flexibility index (Phi) is 4.50. The molecule has 0 aromatic carbocycles. The molecule has 0 fully saturated rings. The molecule has 0 aliphatic rings. The average molecular weight is 296 g/mol. The van der Waals surface area contributed by atoms with Crippen molar-refractivity contribution in [3.05, 3.63) is 45.6 Å². The number of amides is 1. The summed E-state index contributed by atoms with van der Waals surface area (Å²) in [5.74, 6) is -0.154. The fraction of sp³-hybridized carbons (Fsp3) is 0.308. The summed E-state index contributed by atoms with van der Waals surface area (Å²) >= 11 is 7.40. The number of thiophene rings is 1.